The maximum atomic E-state index is 13.0. The number of nitrogens with zero attached hydrogens (tertiary/aromatic N) is 8. The SMILES string of the molecule is CC(=O)c1cnc(/C=C(/Cl)C=N)[nH]1.CC(C)(O)c1cnc(/C=C(/Cl)C=N)[nH]1.Cc1ccc(OC(F)F)c(Cn2c3cc(-c4cnn5c(C(C)(C)O)cnc5c4)ccc3c(=O)n2C)c1.N=C/C(Cl)=C\c1ncc(I)[nH]1. The minimum Gasteiger partial charge on any atom is -0.434 e. The van der Waals surface area contributed by atoms with Crippen molar-refractivity contribution in [3.8, 4) is 16.9 Å². The number of hydrogen-bond donors (Lipinski definition) is 8. The van der Waals surface area contributed by atoms with Gasteiger partial charge in [0.25, 0.3) is 5.56 Å². The number of H-pyrrole nitrogens is 3. The highest BCUT2D eigenvalue weighted by atomic mass is 127. The van der Waals surface area contributed by atoms with Gasteiger partial charge in [0.15, 0.2) is 11.4 Å². The molecule has 74 heavy (non-hydrogen) atoms. The lowest BCUT2D eigenvalue weighted by Gasteiger charge is -2.16. The smallest absolute Gasteiger partial charge is 0.387 e. The Morgan fingerprint density at radius 1 is 0.797 bits per heavy atom. The number of nitrogens with one attached hydrogen (secondary N) is 6. The van der Waals surface area contributed by atoms with Gasteiger partial charge in [0.2, 0.25) is 0 Å². The lowest BCUT2D eigenvalue weighted by Crippen LogP contribution is -2.20. The number of aryl methyl sites for hydroxylation is 1. The minimum atomic E-state index is -2.95. The number of allylic oxidation sites excluding steroid dienone is 3. The number of rotatable bonds is 14. The number of ether oxygens (including phenoxy) is 1. The van der Waals surface area contributed by atoms with Gasteiger partial charge in [-0.3, -0.25) is 19.0 Å². The van der Waals surface area contributed by atoms with Crippen LogP contribution in [0.2, 0.25) is 0 Å². The van der Waals surface area contributed by atoms with Crippen molar-refractivity contribution in [2.24, 2.45) is 7.05 Å². The Balaban J connectivity index is 0.000000218. The van der Waals surface area contributed by atoms with Crippen molar-refractivity contribution in [1.82, 2.24) is 53.9 Å². The van der Waals surface area contributed by atoms with Gasteiger partial charge >= 0.3 is 6.61 Å². The van der Waals surface area contributed by atoms with Gasteiger partial charge in [-0.1, -0.05) is 58.6 Å². The van der Waals surface area contributed by atoms with Crippen LogP contribution in [0.1, 0.15) is 85.1 Å². The zero-order valence-electron chi connectivity index (χ0n) is 40.6. The molecule has 6 heterocycles. The summed E-state index contributed by atoms with van der Waals surface area (Å²) in [5.41, 5.74) is 3.58. The topological polar surface area (TPSA) is 281 Å². The van der Waals surface area contributed by atoms with Gasteiger partial charge in [0.05, 0.1) is 78.6 Å². The summed E-state index contributed by atoms with van der Waals surface area (Å²) in [5.74, 6) is 1.65. The molecular formula is C49H50Cl3F2IN14O5. The summed E-state index contributed by atoms with van der Waals surface area (Å²) in [5, 5.41) is 46.3. The fraction of sp³-hybridized carbons (Fsp3) is 0.224. The van der Waals surface area contributed by atoms with E-state index >= 15 is 0 Å². The molecule has 8 aromatic rings. The molecule has 0 saturated carbocycles. The van der Waals surface area contributed by atoms with E-state index < -0.39 is 17.8 Å². The molecule has 388 valence electrons. The van der Waals surface area contributed by atoms with E-state index in [0.717, 1.165) is 39.0 Å². The van der Waals surface area contributed by atoms with E-state index in [2.05, 4.69) is 62.6 Å². The van der Waals surface area contributed by atoms with Crippen molar-refractivity contribution in [3.05, 3.63) is 148 Å². The van der Waals surface area contributed by atoms with E-state index in [9.17, 15) is 28.6 Å². The molecule has 2 aromatic carbocycles. The first kappa shape index (κ1) is 57.9. The van der Waals surface area contributed by atoms with Gasteiger partial charge in [-0.25, -0.2) is 24.5 Å². The number of benzene rings is 2. The van der Waals surface area contributed by atoms with Crippen LogP contribution in [0.15, 0.2) is 93.3 Å². The molecule has 0 aliphatic heterocycles. The predicted molar refractivity (Wildman–Crippen MR) is 293 cm³/mol. The molecule has 0 radical (unpaired) electrons. The fourth-order valence-electron chi connectivity index (χ4n) is 6.61. The number of carbonyl (C=O) groups is 1. The summed E-state index contributed by atoms with van der Waals surface area (Å²) in [6.45, 7) is 7.17. The Bertz CT molecular complexity index is 3460. The Morgan fingerprint density at radius 2 is 1.39 bits per heavy atom. The van der Waals surface area contributed by atoms with Crippen LogP contribution in [0, 0.1) is 26.9 Å². The number of Topliss-reactive ketones (excluding diaryl/α,β-unsaturated/α-hetero) is 1. The van der Waals surface area contributed by atoms with Gasteiger partial charge < -0.3 is 46.1 Å². The van der Waals surface area contributed by atoms with E-state index in [4.69, 9.17) is 55.8 Å². The van der Waals surface area contributed by atoms with Crippen molar-refractivity contribution >= 4 is 117 Å². The van der Waals surface area contributed by atoms with Gasteiger partial charge in [-0.15, -0.1) is 0 Å². The predicted octanol–water partition coefficient (Wildman–Crippen LogP) is 10.2. The number of halogens is 6. The lowest BCUT2D eigenvalue weighted by molar-refractivity contribution is -0.0505. The second-order valence-electron chi connectivity index (χ2n) is 16.9. The maximum Gasteiger partial charge on any atom is 0.387 e. The molecule has 0 bridgehead atoms. The van der Waals surface area contributed by atoms with Crippen molar-refractivity contribution in [1.29, 1.82) is 16.2 Å². The van der Waals surface area contributed by atoms with E-state index in [-0.39, 0.29) is 33.7 Å². The fourth-order valence-corrected chi connectivity index (χ4v) is 7.34. The number of hydrogen-bond acceptors (Lipinski definition) is 13. The normalized spacial score (nSPS) is 12.1. The zero-order valence-corrected chi connectivity index (χ0v) is 45.1. The van der Waals surface area contributed by atoms with E-state index in [1.165, 1.54) is 36.0 Å². The summed E-state index contributed by atoms with van der Waals surface area (Å²) in [4.78, 5) is 48.6. The molecule has 8 rings (SSSR count). The van der Waals surface area contributed by atoms with Crippen LogP contribution >= 0.6 is 57.4 Å². The molecule has 8 N–H and O–H groups in total. The number of ketones is 1. The molecule has 0 amide bonds. The van der Waals surface area contributed by atoms with Crippen LogP contribution in [0.4, 0.5) is 8.78 Å². The van der Waals surface area contributed by atoms with E-state index in [1.54, 1.807) is 93.0 Å². The van der Waals surface area contributed by atoms with Crippen LogP contribution < -0.4 is 10.3 Å². The number of alkyl halides is 2. The van der Waals surface area contributed by atoms with E-state index in [0.29, 0.717) is 61.7 Å². The van der Waals surface area contributed by atoms with Crippen molar-refractivity contribution in [3.63, 3.8) is 0 Å². The molecule has 0 atom stereocenters. The quantitative estimate of drug-likeness (QED) is 0.0290. The Labute approximate surface area is 450 Å². The first-order chi connectivity index (χ1) is 34.8. The number of fused-ring (bicyclic) bond motifs is 2. The monoisotopic (exact) mass is 1180 g/mol. The summed E-state index contributed by atoms with van der Waals surface area (Å²) < 4.78 is 36.4. The molecule has 0 fully saturated rings. The average molecular weight is 1190 g/mol. The lowest BCUT2D eigenvalue weighted by atomic mass is 10.1. The second kappa shape index (κ2) is 25.3. The molecule has 0 saturated heterocycles. The number of carbonyl (C=O) groups excluding carboxylic acids is 1. The van der Waals surface area contributed by atoms with Crippen LogP contribution in [-0.2, 0) is 24.8 Å². The Kier molecular flexibility index (Phi) is 19.8. The molecule has 0 unspecified atom stereocenters. The first-order valence-corrected chi connectivity index (χ1v) is 24.0. The number of imidazole rings is 4. The number of aromatic nitrogens is 11. The van der Waals surface area contributed by atoms with E-state index in [1.807, 2.05) is 25.1 Å². The third kappa shape index (κ3) is 15.8. The molecule has 0 spiro atoms. The third-order valence-electron chi connectivity index (χ3n) is 10.3. The molecule has 19 nitrogen and oxygen atoms in total. The second-order valence-corrected chi connectivity index (χ2v) is 19.4. The Morgan fingerprint density at radius 3 is 1.92 bits per heavy atom. The van der Waals surface area contributed by atoms with Crippen LogP contribution in [0.3, 0.4) is 0 Å². The molecule has 6 aromatic heterocycles. The van der Waals surface area contributed by atoms with Crippen LogP contribution in [0.5, 0.6) is 5.75 Å². The summed E-state index contributed by atoms with van der Waals surface area (Å²) in [6.07, 6.45) is 15.6. The van der Waals surface area contributed by atoms with Crippen LogP contribution in [0.25, 0.3) is 45.9 Å². The Hall–Kier alpha value is -6.96. The standard InChI is InChI=1S/C26H25F2N5O3.C9H12ClN3O.C8H8ClN3O.C6H5ClIN3/c1-15-5-8-21(36-25(27)28)18(9-15)14-32-20-10-16(6-7-19(20)24(34)31(32)4)17-11-23-29-13-22(26(2,3)35)33(23)30-12-17;1-9(2,14)7-5-12-8(13-7)3-6(10)4-11;1-5(13)7-4-11-8(12-7)2-6(9)3-10;7-4(2-9)1-6-10-3-5(8)11-6/h5-13,25,35H,14H2,1-4H3;3-5,11,14H,1-2H3,(H,12,13);2-4,10H,1H3,(H,11,12);1-3,9H,(H,10,11)/b;6-3+,11-4?;6-2+,10-3?;4-1+,9-2?. The molecule has 0 aliphatic carbocycles. The third-order valence-corrected chi connectivity index (χ3v) is 11.5. The first-order valence-electron chi connectivity index (χ1n) is 21.8. The highest BCUT2D eigenvalue weighted by molar-refractivity contribution is 14.1. The van der Waals surface area contributed by atoms with Gasteiger partial charge in [0, 0.05) is 62.0 Å². The van der Waals surface area contributed by atoms with Gasteiger partial charge in [-0.2, -0.15) is 13.9 Å². The summed E-state index contributed by atoms with van der Waals surface area (Å²) in [7, 11) is 1.64. The van der Waals surface area contributed by atoms with Crippen LogP contribution in [-0.4, -0.2) is 95.1 Å². The summed E-state index contributed by atoms with van der Waals surface area (Å²) >= 11 is 18.9. The largest absolute Gasteiger partial charge is 0.434 e. The highest BCUT2D eigenvalue weighted by Crippen LogP contribution is 2.29. The summed E-state index contributed by atoms with van der Waals surface area (Å²) in [6, 6.07) is 12.3. The minimum absolute atomic E-state index is 0.0672. The van der Waals surface area contributed by atoms with Crippen molar-refractivity contribution < 1.29 is 28.5 Å². The molecule has 25 heteroatoms. The average Bonchev–Trinajstić information content (AvgIpc) is 4.21. The molecular weight excluding hydrogens is 1140 g/mol. The van der Waals surface area contributed by atoms with Gasteiger partial charge in [-0.05, 0) is 87.0 Å². The zero-order chi connectivity index (χ0) is 54.7. The van der Waals surface area contributed by atoms with Gasteiger partial charge in [0.1, 0.15) is 40.1 Å². The number of aromatic amines is 3. The maximum absolute atomic E-state index is 13.0. The van der Waals surface area contributed by atoms with Crippen molar-refractivity contribution in [2.75, 3.05) is 0 Å². The molecule has 0 aliphatic rings. The number of aliphatic hydroxyl groups is 2. The highest BCUT2D eigenvalue weighted by Gasteiger charge is 2.23. The van der Waals surface area contributed by atoms with Crippen molar-refractivity contribution in [2.45, 2.75) is 65.9 Å².